The normalized spacial score (nSPS) is 23.7. The number of hydrogen-bond acceptors (Lipinski definition) is 7. The highest BCUT2D eigenvalue weighted by atomic mass is 32.2. The number of aromatic nitrogens is 2. The Bertz CT molecular complexity index is 674. The maximum Gasteiger partial charge on any atom is 0.236 e. The zero-order valence-electron chi connectivity index (χ0n) is 13.8. The van der Waals surface area contributed by atoms with Gasteiger partial charge in [-0.25, -0.2) is 18.4 Å². The third kappa shape index (κ3) is 4.02. The van der Waals surface area contributed by atoms with Crippen LogP contribution in [0.25, 0.3) is 0 Å². The minimum absolute atomic E-state index is 0.0436. The van der Waals surface area contributed by atoms with Crippen molar-refractivity contribution in [2.24, 2.45) is 0 Å². The molecule has 8 nitrogen and oxygen atoms in total. The van der Waals surface area contributed by atoms with E-state index in [1.807, 2.05) is 16.8 Å². The van der Waals surface area contributed by atoms with Crippen molar-refractivity contribution in [3.8, 4) is 0 Å². The Labute approximate surface area is 142 Å². The first-order valence-corrected chi connectivity index (χ1v) is 9.97. The Balaban J connectivity index is 1.49. The van der Waals surface area contributed by atoms with Crippen LogP contribution in [0, 0.1) is 0 Å². The summed E-state index contributed by atoms with van der Waals surface area (Å²) in [7, 11) is -1.10. The Morgan fingerprint density at radius 3 is 2.50 bits per heavy atom. The number of anilines is 1. The average Bonchev–Trinajstić information content (AvgIpc) is 2.96. The van der Waals surface area contributed by atoms with E-state index in [1.165, 1.54) is 0 Å². The molecule has 132 valence electrons. The fourth-order valence-electron chi connectivity index (χ4n) is 3.18. The van der Waals surface area contributed by atoms with E-state index in [1.54, 1.807) is 18.5 Å². The summed E-state index contributed by atoms with van der Waals surface area (Å²) in [5, 5.41) is 0. The lowest BCUT2D eigenvalue weighted by atomic mass is 10.2. The minimum atomic E-state index is -2.93. The van der Waals surface area contributed by atoms with Gasteiger partial charge in [-0.05, 0) is 19.5 Å². The lowest BCUT2D eigenvalue weighted by Crippen LogP contribution is -2.52. The number of sulfone groups is 1. The standard InChI is InChI=1S/C15H23N5O3S/c1-18(13-3-10-24(22,23)12-13)11-14(21)19-6-8-20(9-7-19)15-16-4-2-5-17-15/h2,4-5,13H,3,6-12H2,1H3. The molecule has 1 atom stereocenters. The monoisotopic (exact) mass is 353 g/mol. The molecule has 1 unspecified atom stereocenters. The van der Waals surface area contributed by atoms with Crippen molar-refractivity contribution in [3.63, 3.8) is 0 Å². The van der Waals surface area contributed by atoms with Crippen LogP contribution < -0.4 is 4.90 Å². The van der Waals surface area contributed by atoms with Gasteiger partial charge >= 0.3 is 0 Å². The van der Waals surface area contributed by atoms with Crippen LogP contribution in [0.4, 0.5) is 5.95 Å². The van der Waals surface area contributed by atoms with E-state index in [2.05, 4.69) is 14.9 Å². The van der Waals surface area contributed by atoms with Crippen molar-refractivity contribution < 1.29 is 13.2 Å². The molecule has 2 fully saturated rings. The first-order chi connectivity index (χ1) is 11.4. The third-order valence-corrected chi connectivity index (χ3v) is 6.43. The molecule has 1 aromatic rings. The zero-order valence-corrected chi connectivity index (χ0v) is 14.7. The molecule has 2 aliphatic heterocycles. The molecule has 1 amide bonds. The second-order valence-corrected chi connectivity index (χ2v) is 8.62. The second-order valence-electron chi connectivity index (χ2n) is 6.39. The van der Waals surface area contributed by atoms with E-state index in [9.17, 15) is 13.2 Å². The molecule has 24 heavy (non-hydrogen) atoms. The maximum atomic E-state index is 12.5. The van der Waals surface area contributed by atoms with Gasteiger partial charge in [-0.3, -0.25) is 9.69 Å². The molecule has 0 saturated carbocycles. The van der Waals surface area contributed by atoms with Crippen LogP contribution in [0.1, 0.15) is 6.42 Å². The van der Waals surface area contributed by atoms with Gasteiger partial charge in [-0.2, -0.15) is 0 Å². The van der Waals surface area contributed by atoms with Gasteiger partial charge in [-0.1, -0.05) is 0 Å². The van der Waals surface area contributed by atoms with Crippen molar-refractivity contribution in [2.45, 2.75) is 12.5 Å². The van der Waals surface area contributed by atoms with Crippen LogP contribution in [-0.4, -0.2) is 91.4 Å². The lowest BCUT2D eigenvalue weighted by Gasteiger charge is -2.36. The molecule has 2 aliphatic rings. The van der Waals surface area contributed by atoms with E-state index in [0.29, 0.717) is 38.5 Å². The zero-order chi connectivity index (χ0) is 17.2. The SMILES string of the molecule is CN(CC(=O)N1CCN(c2ncccn2)CC1)C1CCS(=O)(=O)C1. The highest BCUT2D eigenvalue weighted by Gasteiger charge is 2.32. The van der Waals surface area contributed by atoms with Gasteiger partial charge in [-0.15, -0.1) is 0 Å². The Hall–Kier alpha value is -1.74. The molecular weight excluding hydrogens is 330 g/mol. The maximum absolute atomic E-state index is 12.5. The predicted molar refractivity (Wildman–Crippen MR) is 90.5 cm³/mol. The second kappa shape index (κ2) is 7.02. The number of carbonyl (C=O) groups excluding carboxylic acids is 1. The molecule has 3 heterocycles. The fourth-order valence-corrected chi connectivity index (χ4v) is 4.98. The molecule has 1 aromatic heterocycles. The minimum Gasteiger partial charge on any atom is -0.338 e. The molecule has 2 saturated heterocycles. The smallest absolute Gasteiger partial charge is 0.236 e. The largest absolute Gasteiger partial charge is 0.338 e. The summed E-state index contributed by atoms with van der Waals surface area (Å²) in [6.45, 7) is 2.94. The van der Waals surface area contributed by atoms with Gasteiger partial charge in [0.1, 0.15) is 0 Å². The molecule has 0 aromatic carbocycles. The lowest BCUT2D eigenvalue weighted by molar-refractivity contribution is -0.132. The Morgan fingerprint density at radius 1 is 1.25 bits per heavy atom. The first kappa shape index (κ1) is 17.1. The van der Waals surface area contributed by atoms with Crippen molar-refractivity contribution in [2.75, 3.05) is 56.2 Å². The van der Waals surface area contributed by atoms with E-state index in [4.69, 9.17) is 0 Å². The number of carbonyl (C=O) groups is 1. The summed E-state index contributed by atoms with van der Waals surface area (Å²) in [4.78, 5) is 26.7. The summed E-state index contributed by atoms with van der Waals surface area (Å²) < 4.78 is 23.1. The molecule has 0 bridgehead atoms. The van der Waals surface area contributed by atoms with Gasteiger partial charge in [0, 0.05) is 44.6 Å². The summed E-state index contributed by atoms with van der Waals surface area (Å²) in [5.74, 6) is 1.13. The molecule has 0 radical (unpaired) electrons. The van der Waals surface area contributed by atoms with Crippen LogP contribution in [0.2, 0.25) is 0 Å². The number of piperazine rings is 1. The quantitative estimate of drug-likeness (QED) is 0.703. The van der Waals surface area contributed by atoms with Crippen molar-refractivity contribution in [3.05, 3.63) is 18.5 Å². The number of amides is 1. The van der Waals surface area contributed by atoms with Gasteiger partial charge in [0.2, 0.25) is 11.9 Å². The van der Waals surface area contributed by atoms with Gasteiger partial charge in [0.15, 0.2) is 9.84 Å². The average molecular weight is 353 g/mol. The third-order valence-electron chi connectivity index (χ3n) is 4.68. The van der Waals surface area contributed by atoms with Crippen molar-refractivity contribution in [1.82, 2.24) is 19.8 Å². The van der Waals surface area contributed by atoms with Gasteiger partial charge in [0.25, 0.3) is 0 Å². The summed E-state index contributed by atoms with van der Waals surface area (Å²) in [5.41, 5.74) is 0. The van der Waals surface area contributed by atoms with Crippen LogP contribution >= 0.6 is 0 Å². The fraction of sp³-hybridized carbons (Fsp3) is 0.667. The highest BCUT2D eigenvalue weighted by Crippen LogP contribution is 2.17. The number of likely N-dealkylation sites (N-methyl/N-ethyl adjacent to an activating group) is 1. The highest BCUT2D eigenvalue weighted by molar-refractivity contribution is 7.91. The summed E-state index contributed by atoms with van der Waals surface area (Å²) >= 11 is 0. The van der Waals surface area contributed by atoms with E-state index in [-0.39, 0.29) is 30.0 Å². The topological polar surface area (TPSA) is 86.7 Å². The summed E-state index contributed by atoms with van der Waals surface area (Å²) in [6, 6.07) is 1.74. The number of hydrogen-bond donors (Lipinski definition) is 0. The van der Waals surface area contributed by atoms with E-state index in [0.717, 1.165) is 0 Å². The first-order valence-electron chi connectivity index (χ1n) is 8.15. The molecule has 0 N–H and O–H groups in total. The van der Waals surface area contributed by atoms with Crippen LogP contribution in [0.5, 0.6) is 0 Å². The molecule has 0 spiro atoms. The molecule has 0 aliphatic carbocycles. The van der Waals surface area contributed by atoms with Crippen molar-refractivity contribution >= 4 is 21.7 Å². The van der Waals surface area contributed by atoms with Crippen LogP contribution in [-0.2, 0) is 14.6 Å². The molecular formula is C15H23N5O3S. The van der Waals surface area contributed by atoms with Crippen LogP contribution in [0.3, 0.4) is 0 Å². The molecule has 9 heteroatoms. The van der Waals surface area contributed by atoms with Gasteiger partial charge < -0.3 is 9.80 Å². The van der Waals surface area contributed by atoms with Crippen LogP contribution in [0.15, 0.2) is 18.5 Å². The Kier molecular flexibility index (Phi) is 5.00. The molecule has 3 rings (SSSR count). The summed E-state index contributed by atoms with van der Waals surface area (Å²) in [6.07, 6.45) is 4.04. The Morgan fingerprint density at radius 2 is 1.92 bits per heavy atom. The van der Waals surface area contributed by atoms with Gasteiger partial charge in [0.05, 0.1) is 18.1 Å². The number of nitrogens with zero attached hydrogens (tertiary/aromatic N) is 5. The number of rotatable bonds is 4. The van der Waals surface area contributed by atoms with E-state index < -0.39 is 9.84 Å². The predicted octanol–water partition coefficient (Wildman–Crippen LogP) is -0.756. The van der Waals surface area contributed by atoms with Crippen molar-refractivity contribution in [1.29, 1.82) is 0 Å². The van der Waals surface area contributed by atoms with E-state index >= 15 is 0 Å².